The van der Waals surface area contributed by atoms with Crippen molar-refractivity contribution in [2.45, 2.75) is 31.5 Å². The Labute approximate surface area is 198 Å². The van der Waals surface area contributed by atoms with Crippen LogP contribution in [0.1, 0.15) is 40.7 Å². The Bertz CT molecular complexity index is 1200. The maximum atomic E-state index is 13.8. The fraction of sp³-hybridized carbons (Fsp3) is 0.286. The quantitative estimate of drug-likeness (QED) is 0.519. The Balaban J connectivity index is 1.72. The lowest BCUT2D eigenvalue weighted by atomic mass is 9.51. The van der Waals surface area contributed by atoms with Gasteiger partial charge in [-0.25, -0.2) is 0 Å². The van der Waals surface area contributed by atoms with E-state index in [1.54, 1.807) is 6.92 Å². The molecule has 6 heteroatoms. The van der Waals surface area contributed by atoms with E-state index in [2.05, 4.69) is 5.32 Å². The van der Waals surface area contributed by atoms with Gasteiger partial charge < -0.3 is 20.3 Å². The van der Waals surface area contributed by atoms with Crippen molar-refractivity contribution >= 4 is 17.6 Å². The van der Waals surface area contributed by atoms with Crippen LogP contribution in [0.4, 0.5) is 5.69 Å². The average molecular weight is 458 g/mol. The monoisotopic (exact) mass is 457 g/mol. The van der Waals surface area contributed by atoms with Crippen LogP contribution in [0.15, 0.2) is 72.8 Å². The number of carboxylic acids is 1. The number of aliphatic hydroxyl groups is 1. The zero-order chi connectivity index (χ0) is 24.0. The number of carboxylic acid groups (broad SMARTS) is 1. The van der Waals surface area contributed by atoms with Crippen molar-refractivity contribution in [3.05, 3.63) is 101 Å². The number of fused-ring (bicyclic) bond motifs is 1. The van der Waals surface area contributed by atoms with Gasteiger partial charge in [-0.15, -0.1) is 0 Å². The number of carbonyl (C=O) groups excluding carboxylic acids is 1. The van der Waals surface area contributed by atoms with Crippen LogP contribution in [-0.4, -0.2) is 34.8 Å². The van der Waals surface area contributed by atoms with E-state index in [4.69, 9.17) is 4.74 Å². The summed E-state index contributed by atoms with van der Waals surface area (Å²) in [6.07, 6.45) is -0.803. The Hall–Kier alpha value is -3.48. The molecule has 3 N–H and O–H groups in total. The molecular formula is C28H27NO5. The van der Waals surface area contributed by atoms with Crippen LogP contribution >= 0.6 is 0 Å². The second kappa shape index (κ2) is 8.38. The second-order valence-corrected chi connectivity index (χ2v) is 9.24. The van der Waals surface area contributed by atoms with Crippen molar-refractivity contribution in [1.29, 1.82) is 0 Å². The molecule has 0 fully saturated rings. The summed E-state index contributed by atoms with van der Waals surface area (Å²) in [5.41, 5.74) is 3.52. The van der Waals surface area contributed by atoms with Gasteiger partial charge in [0, 0.05) is 11.6 Å². The molecule has 3 aliphatic rings. The summed E-state index contributed by atoms with van der Waals surface area (Å²) in [6, 6.07) is 22.6. The molecule has 3 aromatic rings. The number of benzene rings is 3. The van der Waals surface area contributed by atoms with Gasteiger partial charge in [-0.1, -0.05) is 66.2 Å². The van der Waals surface area contributed by atoms with Crippen LogP contribution in [0.25, 0.3) is 0 Å². The lowest BCUT2D eigenvalue weighted by Crippen LogP contribution is -2.59. The molecule has 174 valence electrons. The number of anilines is 1. The number of ether oxygens (including phenoxy) is 1. The van der Waals surface area contributed by atoms with Gasteiger partial charge in [-0.05, 0) is 48.2 Å². The van der Waals surface area contributed by atoms with E-state index in [-0.39, 0.29) is 12.5 Å². The van der Waals surface area contributed by atoms with Gasteiger partial charge >= 0.3 is 5.97 Å². The highest BCUT2D eigenvalue weighted by atomic mass is 16.5. The van der Waals surface area contributed by atoms with Crippen molar-refractivity contribution in [2.24, 2.45) is 11.8 Å². The third-order valence-electron chi connectivity index (χ3n) is 6.99. The van der Waals surface area contributed by atoms with Gasteiger partial charge in [0.05, 0.1) is 18.6 Å². The predicted octanol–water partition coefficient (Wildman–Crippen LogP) is 4.05. The van der Waals surface area contributed by atoms with Gasteiger partial charge in [0.25, 0.3) is 0 Å². The van der Waals surface area contributed by atoms with Crippen LogP contribution in [0, 0.1) is 18.8 Å². The van der Waals surface area contributed by atoms with Crippen LogP contribution in [0.3, 0.4) is 0 Å². The number of nitrogens with one attached hydrogen (secondary N) is 1. The Kier molecular flexibility index (Phi) is 5.50. The summed E-state index contributed by atoms with van der Waals surface area (Å²) in [7, 11) is 0. The minimum atomic E-state index is -1.40. The van der Waals surface area contributed by atoms with E-state index in [1.165, 1.54) is 0 Å². The van der Waals surface area contributed by atoms with Crippen molar-refractivity contribution in [3.8, 4) is 0 Å². The highest BCUT2D eigenvalue weighted by molar-refractivity contribution is 5.98. The van der Waals surface area contributed by atoms with Crippen LogP contribution in [-0.2, 0) is 19.9 Å². The summed E-state index contributed by atoms with van der Waals surface area (Å²) < 4.78 is 6.38. The predicted molar refractivity (Wildman–Crippen MR) is 128 cm³/mol. The number of hydrogen-bond acceptors (Lipinski definition) is 4. The highest BCUT2D eigenvalue weighted by Gasteiger charge is 2.64. The summed E-state index contributed by atoms with van der Waals surface area (Å²) in [5, 5.41) is 23.6. The van der Waals surface area contributed by atoms with Crippen molar-refractivity contribution in [2.75, 3.05) is 11.9 Å². The Morgan fingerprint density at radius 2 is 1.53 bits per heavy atom. The van der Waals surface area contributed by atoms with Gasteiger partial charge in [0.2, 0.25) is 5.91 Å². The van der Waals surface area contributed by atoms with E-state index in [1.807, 2.05) is 79.7 Å². The molecule has 3 unspecified atom stereocenters. The van der Waals surface area contributed by atoms with Crippen LogP contribution in [0.5, 0.6) is 0 Å². The summed E-state index contributed by atoms with van der Waals surface area (Å²) in [5.74, 6) is -3.99. The van der Waals surface area contributed by atoms with E-state index in [9.17, 15) is 19.8 Å². The molecule has 1 amide bonds. The van der Waals surface area contributed by atoms with Crippen molar-refractivity contribution in [1.82, 2.24) is 0 Å². The zero-order valence-electron chi connectivity index (χ0n) is 19.1. The van der Waals surface area contributed by atoms with E-state index >= 15 is 0 Å². The van der Waals surface area contributed by atoms with Gasteiger partial charge in [-0.2, -0.15) is 0 Å². The number of amides is 1. The largest absolute Gasteiger partial charge is 0.481 e. The molecule has 0 spiro atoms. The van der Waals surface area contributed by atoms with Crippen LogP contribution in [0.2, 0.25) is 0 Å². The normalized spacial score (nSPS) is 25.2. The number of aliphatic carboxylic acids is 1. The molecule has 3 atom stereocenters. The molecule has 0 saturated heterocycles. The Morgan fingerprint density at radius 1 is 0.971 bits per heavy atom. The number of aryl methyl sites for hydroxylation is 1. The smallest absolute Gasteiger partial charge is 0.311 e. The number of rotatable bonds is 6. The minimum absolute atomic E-state index is 0.0661. The van der Waals surface area contributed by atoms with E-state index < -0.39 is 35.4 Å². The zero-order valence-corrected chi connectivity index (χ0v) is 19.1. The number of hydrogen-bond donors (Lipinski definition) is 3. The molecule has 34 heavy (non-hydrogen) atoms. The fourth-order valence-corrected chi connectivity index (χ4v) is 5.68. The molecule has 6 rings (SSSR count). The molecule has 6 nitrogen and oxygen atoms in total. The second-order valence-electron chi connectivity index (χ2n) is 9.24. The lowest BCUT2D eigenvalue weighted by Gasteiger charge is -2.55. The van der Waals surface area contributed by atoms with Gasteiger partial charge in [0.15, 0.2) is 0 Å². The molecule has 0 heterocycles. The van der Waals surface area contributed by atoms with Gasteiger partial charge in [0.1, 0.15) is 11.5 Å². The highest BCUT2D eigenvalue weighted by Crippen LogP contribution is 2.62. The van der Waals surface area contributed by atoms with E-state index in [0.29, 0.717) is 5.69 Å². The molecule has 2 bridgehead atoms. The maximum Gasteiger partial charge on any atom is 0.311 e. The SMILES string of the molecule is Cc1ccc(NC(=O)C2C3c4ccccc4C(OCC(C)O)(c4ccccc43)C2C(=O)O)cc1. The third kappa shape index (κ3) is 3.33. The van der Waals surface area contributed by atoms with Crippen molar-refractivity contribution in [3.63, 3.8) is 0 Å². The summed E-state index contributed by atoms with van der Waals surface area (Å²) in [6.45, 7) is 3.49. The standard InChI is InChI=1S/C28H27NO5/c1-16-11-13-18(14-12-16)29-26(31)24-23-19-7-3-5-9-21(19)28(25(24)27(32)33,34-15-17(2)30)22-10-6-4-8-20(22)23/h3-14,17,23-25,30H,15H2,1-2H3,(H,29,31)(H,32,33). The van der Waals surface area contributed by atoms with Crippen LogP contribution < -0.4 is 5.32 Å². The third-order valence-corrected chi connectivity index (χ3v) is 6.99. The number of carbonyl (C=O) groups is 2. The first-order valence-electron chi connectivity index (χ1n) is 11.5. The molecule has 0 saturated carbocycles. The van der Waals surface area contributed by atoms with E-state index in [0.717, 1.165) is 27.8 Å². The molecule has 0 aromatic heterocycles. The molecule has 3 aromatic carbocycles. The molecule has 0 radical (unpaired) electrons. The summed E-state index contributed by atoms with van der Waals surface area (Å²) >= 11 is 0. The first-order chi connectivity index (χ1) is 16.3. The lowest BCUT2D eigenvalue weighted by molar-refractivity contribution is -0.172. The summed E-state index contributed by atoms with van der Waals surface area (Å²) in [4.78, 5) is 26.7. The maximum absolute atomic E-state index is 13.8. The molecule has 0 aliphatic heterocycles. The Morgan fingerprint density at radius 3 is 2.06 bits per heavy atom. The molecular weight excluding hydrogens is 430 g/mol. The topological polar surface area (TPSA) is 95.9 Å². The average Bonchev–Trinajstić information content (AvgIpc) is 2.83. The first-order valence-corrected chi connectivity index (χ1v) is 11.5. The fourth-order valence-electron chi connectivity index (χ4n) is 5.68. The molecule has 3 aliphatic carbocycles. The minimum Gasteiger partial charge on any atom is -0.481 e. The van der Waals surface area contributed by atoms with Crippen molar-refractivity contribution < 1.29 is 24.5 Å². The number of aliphatic hydroxyl groups excluding tert-OH is 1. The first kappa shape index (κ1) is 22.3. The van der Waals surface area contributed by atoms with Gasteiger partial charge in [-0.3, -0.25) is 9.59 Å².